The van der Waals surface area contributed by atoms with Gasteiger partial charge in [-0.05, 0) is 17.8 Å². The molecule has 0 aliphatic carbocycles. The van der Waals surface area contributed by atoms with Crippen LogP contribution in [0.4, 0.5) is 0 Å². The Morgan fingerprint density at radius 2 is 1.92 bits per heavy atom. The molecule has 1 aromatic carbocycles. The van der Waals surface area contributed by atoms with Gasteiger partial charge in [0, 0.05) is 5.38 Å². The summed E-state index contributed by atoms with van der Waals surface area (Å²) in [6.45, 7) is 0. The van der Waals surface area contributed by atoms with Crippen LogP contribution in [0.5, 0.6) is 0 Å². The molecule has 0 unspecified atom stereocenters. The molecule has 0 aliphatic heterocycles. The van der Waals surface area contributed by atoms with Gasteiger partial charge in [0.05, 0.1) is 5.69 Å². The largest absolute Gasteiger partial charge is 0.804 e. The lowest BCUT2D eigenvalue weighted by Gasteiger charge is -2.10. The van der Waals surface area contributed by atoms with E-state index in [0.717, 1.165) is 10.3 Å². The van der Waals surface area contributed by atoms with E-state index < -0.39 is 0 Å². The molecule has 0 aliphatic rings. The van der Waals surface area contributed by atoms with Crippen molar-refractivity contribution in [2.24, 2.45) is 0 Å². The smallest absolute Gasteiger partial charge is 0.156 e. The minimum atomic E-state index is 0.360. The minimum Gasteiger partial charge on any atom is -0.804 e. The highest BCUT2D eigenvalue weighted by atomic mass is 32.1. The van der Waals surface area contributed by atoms with Crippen LogP contribution in [-0.2, 0) is 0 Å². The molecule has 0 N–H and O–H groups in total. The van der Waals surface area contributed by atoms with Gasteiger partial charge in [0.25, 0.3) is 0 Å². The average molecular weight is 208 g/mol. The van der Waals surface area contributed by atoms with Crippen LogP contribution in [-0.4, -0.2) is 4.73 Å². The first-order chi connectivity index (χ1) is 6.29. The number of thiazole rings is 1. The number of hydrogen-bond donors (Lipinski definition) is 0. The van der Waals surface area contributed by atoms with Crippen molar-refractivity contribution in [3.05, 3.63) is 44.9 Å². The predicted octanol–water partition coefficient (Wildman–Crippen LogP) is 3.29. The molecule has 4 heteroatoms. The lowest BCUT2D eigenvalue weighted by Crippen LogP contribution is -1.87. The summed E-state index contributed by atoms with van der Waals surface area (Å²) in [6.07, 6.45) is 0. The van der Waals surface area contributed by atoms with E-state index in [-0.39, 0.29) is 0 Å². The highest BCUT2D eigenvalue weighted by Crippen LogP contribution is 2.22. The number of aromatic nitrogens is 1. The van der Waals surface area contributed by atoms with Crippen LogP contribution in [0, 0.1) is 9.16 Å². The van der Waals surface area contributed by atoms with Gasteiger partial charge in [-0.15, -0.1) is 11.3 Å². The van der Waals surface area contributed by atoms with Gasteiger partial charge in [0.2, 0.25) is 0 Å². The van der Waals surface area contributed by atoms with Crippen molar-refractivity contribution < 1.29 is 0 Å². The molecule has 66 valence electrons. The Kier molecular flexibility index (Phi) is 2.16. The summed E-state index contributed by atoms with van der Waals surface area (Å²) in [5, 5.41) is 13.2. The minimum absolute atomic E-state index is 0.360. The Bertz CT molecular complexity index is 458. The van der Waals surface area contributed by atoms with E-state index in [1.807, 2.05) is 30.3 Å². The first-order valence-corrected chi connectivity index (χ1v) is 5.01. The Morgan fingerprint density at radius 3 is 2.46 bits per heavy atom. The lowest BCUT2D eigenvalue weighted by molar-refractivity contribution is 1.10. The fourth-order valence-electron chi connectivity index (χ4n) is 1.09. The molecule has 0 saturated heterocycles. The van der Waals surface area contributed by atoms with Crippen LogP contribution in [0.1, 0.15) is 0 Å². The molecule has 2 aromatic rings. The standard InChI is InChI=1S/C9H6NOS2/c11-10-8(6-13-9(10)12)7-4-2-1-3-5-7/h1-6H/q-1. The zero-order valence-corrected chi connectivity index (χ0v) is 8.27. The molecule has 0 amide bonds. The summed E-state index contributed by atoms with van der Waals surface area (Å²) < 4.78 is 1.15. The van der Waals surface area contributed by atoms with E-state index in [1.165, 1.54) is 11.3 Å². The van der Waals surface area contributed by atoms with Gasteiger partial charge in [-0.25, -0.2) is 0 Å². The highest BCUT2D eigenvalue weighted by Gasteiger charge is 1.99. The Morgan fingerprint density at radius 1 is 1.23 bits per heavy atom. The van der Waals surface area contributed by atoms with E-state index in [9.17, 15) is 5.21 Å². The van der Waals surface area contributed by atoms with Gasteiger partial charge in [0.1, 0.15) is 0 Å². The third kappa shape index (κ3) is 1.50. The Balaban J connectivity index is 2.60. The third-order valence-corrected chi connectivity index (χ3v) is 2.89. The van der Waals surface area contributed by atoms with Gasteiger partial charge < -0.3 is 9.94 Å². The maximum absolute atomic E-state index is 11.4. The van der Waals surface area contributed by atoms with Crippen LogP contribution in [0.15, 0.2) is 35.7 Å². The van der Waals surface area contributed by atoms with Crippen LogP contribution in [0.2, 0.25) is 0 Å². The van der Waals surface area contributed by atoms with E-state index in [0.29, 0.717) is 9.65 Å². The van der Waals surface area contributed by atoms with Gasteiger partial charge in [-0.1, -0.05) is 30.3 Å². The van der Waals surface area contributed by atoms with Gasteiger partial charge >= 0.3 is 0 Å². The van der Waals surface area contributed by atoms with Crippen molar-refractivity contribution in [1.82, 2.24) is 4.73 Å². The van der Waals surface area contributed by atoms with Crippen molar-refractivity contribution in [2.75, 3.05) is 0 Å². The van der Waals surface area contributed by atoms with Crippen LogP contribution < -0.4 is 0 Å². The predicted molar refractivity (Wildman–Crippen MR) is 57.3 cm³/mol. The molecular weight excluding hydrogens is 202 g/mol. The summed E-state index contributed by atoms with van der Waals surface area (Å²) in [5.74, 6) is 0. The summed E-state index contributed by atoms with van der Waals surface area (Å²) in [5.41, 5.74) is 1.54. The van der Waals surface area contributed by atoms with Crippen molar-refractivity contribution in [3.63, 3.8) is 0 Å². The van der Waals surface area contributed by atoms with E-state index in [2.05, 4.69) is 0 Å². The molecule has 0 radical (unpaired) electrons. The van der Waals surface area contributed by atoms with Gasteiger partial charge in [0.15, 0.2) is 3.95 Å². The zero-order valence-electron chi connectivity index (χ0n) is 6.64. The monoisotopic (exact) mass is 208 g/mol. The van der Waals surface area contributed by atoms with Crippen LogP contribution >= 0.6 is 23.6 Å². The van der Waals surface area contributed by atoms with Crippen molar-refractivity contribution >= 4 is 23.6 Å². The summed E-state index contributed by atoms with van der Waals surface area (Å²) in [4.78, 5) is 0. The summed E-state index contributed by atoms with van der Waals surface area (Å²) in [6, 6.07) is 9.50. The van der Waals surface area contributed by atoms with E-state index in [1.54, 1.807) is 5.38 Å². The van der Waals surface area contributed by atoms with Crippen molar-refractivity contribution in [1.29, 1.82) is 0 Å². The number of rotatable bonds is 1. The zero-order chi connectivity index (χ0) is 9.26. The van der Waals surface area contributed by atoms with Crippen LogP contribution in [0.25, 0.3) is 11.3 Å². The average Bonchev–Trinajstić information content (AvgIpc) is 2.49. The molecule has 0 fully saturated rings. The van der Waals surface area contributed by atoms with Crippen molar-refractivity contribution in [2.45, 2.75) is 0 Å². The second-order valence-corrected chi connectivity index (χ2v) is 4.05. The first-order valence-electron chi connectivity index (χ1n) is 3.72. The molecule has 13 heavy (non-hydrogen) atoms. The molecule has 0 saturated carbocycles. The SMILES string of the molecule is [O-]n1c(-c2ccccc2)csc1=S. The molecule has 2 nitrogen and oxygen atoms in total. The second kappa shape index (κ2) is 3.32. The third-order valence-electron chi connectivity index (χ3n) is 1.73. The Hall–Kier alpha value is -1.13. The molecule has 1 heterocycles. The second-order valence-electron chi connectivity index (χ2n) is 2.55. The summed E-state index contributed by atoms with van der Waals surface area (Å²) >= 11 is 6.13. The molecule has 0 bridgehead atoms. The fourth-order valence-corrected chi connectivity index (χ4v) is 1.98. The summed E-state index contributed by atoms with van der Waals surface area (Å²) in [7, 11) is 0. The molecular formula is C9H6NOS2-. The number of nitrogens with zero attached hydrogens (tertiary/aromatic N) is 1. The number of benzene rings is 1. The van der Waals surface area contributed by atoms with Crippen molar-refractivity contribution in [3.8, 4) is 11.3 Å². The maximum Gasteiger partial charge on any atom is 0.156 e. The first kappa shape index (κ1) is 8.47. The molecule has 0 spiro atoms. The number of hydrogen-bond acceptors (Lipinski definition) is 3. The maximum atomic E-state index is 11.4. The van der Waals surface area contributed by atoms with Gasteiger partial charge in [-0.2, -0.15) is 0 Å². The van der Waals surface area contributed by atoms with Crippen LogP contribution in [0.3, 0.4) is 0 Å². The quantitative estimate of drug-likeness (QED) is 0.673. The van der Waals surface area contributed by atoms with Gasteiger partial charge in [-0.3, -0.25) is 0 Å². The molecule has 0 atom stereocenters. The van der Waals surface area contributed by atoms with E-state index in [4.69, 9.17) is 12.2 Å². The highest BCUT2D eigenvalue weighted by molar-refractivity contribution is 7.73. The Labute approximate surface area is 84.7 Å². The normalized spacial score (nSPS) is 10.2. The van der Waals surface area contributed by atoms with E-state index >= 15 is 0 Å². The molecule has 1 aromatic heterocycles. The molecule has 2 rings (SSSR count). The lowest BCUT2D eigenvalue weighted by atomic mass is 10.2. The fraction of sp³-hybridized carbons (Fsp3) is 0. The topological polar surface area (TPSA) is 28.0 Å².